The zero-order valence-electron chi connectivity index (χ0n) is 13.9. The van der Waals surface area contributed by atoms with Crippen LogP contribution in [0.5, 0.6) is 11.5 Å². The summed E-state index contributed by atoms with van der Waals surface area (Å²) >= 11 is 0. The van der Waals surface area contributed by atoms with E-state index in [0.717, 1.165) is 37.6 Å². The molecule has 1 aromatic carbocycles. The first kappa shape index (κ1) is 17.8. The Labute approximate surface area is 130 Å². The molecule has 1 rings (SSSR count). The molecule has 0 saturated heterocycles. The third kappa shape index (κ3) is 7.37. The van der Waals surface area contributed by atoms with Gasteiger partial charge in [0.05, 0.1) is 13.7 Å². The second-order valence-corrected chi connectivity index (χ2v) is 5.42. The number of hydrogen-bond acceptors (Lipinski definition) is 3. The summed E-state index contributed by atoms with van der Waals surface area (Å²) in [6.07, 6.45) is 7.32. The lowest BCUT2D eigenvalue weighted by atomic mass is 10.2. The van der Waals surface area contributed by atoms with Crippen LogP contribution in [0, 0.1) is 0 Å². The molecule has 0 radical (unpaired) electrons. The maximum Gasteiger partial charge on any atom is 0.161 e. The summed E-state index contributed by atoms with van der Waals surface area (Å²) in [7, 11) is 1.70. The minimum atomic E-state index is 0.768. The Morgan fingerprint density at radius 1 is 0.952 bits per heavy atom. The molecule has 0 bridgehead atoms. The molecule has 0 aliphatic rings. The first-order chi connectivity index (χ1) is 10.3. The highest BCUT2D eigenvalue weighted by molar-refractivity contribution is 5.42. The average molecular weight is 293 g/mol. The summed E-state index contributed by atoms with van der Waals surface area (Å²) in [6, 6.07) is 6.21. The van der Waals surface area contributed by atoms with E-state index in [1.54, 1.807) is 7.11 Å². The molecule has 0 atom stereocenters. The highest BCUT2D eigenvalue weighted by Gasteiger charge is 2.05. The van der Waals surface area contributed by atoms with Gasteiger partial charge < -0.3 is 14.8 Å². The van der Waals surface area contributed by atoms with E-state index in [-0.39, 0.29) is 0 Å². The Bertz CT molecular complexity index is 379. The molecule has 1 aromatic rings. The molecule has 0 aliphatic heterocycles. The monoisotopic (exact) mass is 293 g/mol. The molecular formula is C18H31NO2. The van der Waals surface area contributed by atoms with Crippen molar-refractivity contribution in [2.45, 2.75) is 58.9 Å². The fourth-order valence-electron chi connectivity index (χ4n) is 2.19. The minimum absolute atomic E-state index is 0.768. The van der Waals surface area contributed by atoms with Crippen LogP contribution in [0.4, 0.5) is 0 Å². The van der Waals surface area contributed by atoms with E-state index in [2.05, 4.69) is 31.3 Å². The molecule has 0 aromatic heterocycles. The number of methoxy groups -OCH3 is 1. The van der Waals surface area contributed by atoms with Gasteiger partial charge in [0.15, 0.2) is 11.5 Å². The van der Waals surface area contributed by atoms with Crippen molar-refractivity contribution in [2.75, 3.05) is 20.3 Å². The Morgan fingerprint density at radius 3 is 2.48 bits per heavy atom. The van der Waals surface area contributed by atoms with E-state index in [9.17, 15) is 0 Å². The Hall–Kier alpha value is -1.22. The van der Waals surface area contributed by atoms with Crippen molar-refractivity contribution in [2.24, 2.45) is 0 Å². The van der Waals surface area contributed by atoms with Gasteiger partial charge in [0, 0.05) is 6.54 Å². The molecule has 0 fully saturated rings. The lowest BCUT2D eigenvalue weighted by Gasteiger charge is -2.12. The van der Waals surface area contributed by atoms with Gasteiger partial charge in [0.2, 0.25) is 0 Å². The summed E-state index contributed by atoms with van der Waals surface area (Å²) in [5.41, 5.74) is 1.24. The van der Waals surface area contributed by atoms with E-state index in [0.29, 0.717) is 0 Å². The minimum Gasteiger partial charge on any atom is -0.493 e. The predicted octanol–water partition coefficient (Wildman–Crippen LogP) is 4.54. The van der Waals surface area contributed by atoms with Gasteiger partial charge in [-0.05, 0) is 37.1 Å². The van der Waals surface area contributed by atoms with Crippen LogP contribution in [0.2, 0.25) is 0 Å². The van der Waals surface area contributed by atoms with Gasteiger partial charge >= 0.3 is 0 Å². The van der Waals surface area contributed by atoms with Crippen molar-refractivity contribution >= 4 is 0 Å². The van der Waals surface area contributed by atoms with Gasteiger partial charge in [-0.15, -0.1) is 0 Å². The summed E-state index contributed by atoms with van der Waals surface area (Å²) in [5, 5.41) is 3.44. The molecule has 0 spiro atoms. The predicted molar refractivity (Wildman–Crippen MR) is 89.2 cm³/mol. The SMILES string of the molecule is CCCCCCOc1ccc(CNCCCC)cc1OC. The van der Waals surface area contributed by atoms with Gasteiger partial charge in [0.25, 0.3) is 0 Å². The van der Waals surface area contributed by atoms with Crippen molar-refractivity contribution in [3.63, 3.8) is 0 Å². The first-order valence-electron chi connectivity index (χ1n) is 8.32. The van der Waals surface area contributed by atoms with Crippen LogP contribution in [-0.4, -0.2) is 20.3 Å². The molecule has 21 heavy (non-hydrogen) atoms. The zero-order chi connectivity index (χ0) is 15.3. The van der Waals surface area contributed by atoms with Crippen LogP contribution in [0.1, 0.15) is 57.9 Å². The fraction of sp³-hybridized carbons (Fsp3) is 0.667. The maximum absolute atomic E-state index is 5.83. The van der Waals surface area contributed by atoms with Crippen LogP contribution >= 0.6 is 0 Å². The highest BCUT2D eigenvalue weighted by Crippen LogP contribution is 2.28. The summed E-state index contributed by atoms with van der Waals surface area (Å²) in [6.45, 7) is 7.14. The summed E-state index contributed by atoms with van der Waals surface area (Å²) in [4.78, 5) is 0. The number of nitrogens with one attached hydrogen (secondary N) is 1. The van der Waals surface area contributed by atoms with Crippen LogP contribution in [-0.2, 0) is 6.54 Å². The van der Waals surface area contributed by atoms with E-state index >= 15 is 0 Å². The number of hydrogen-bond donors (Lipinski definition) is 1. The van der Waals surface area contributed by atoms with Gasteiger partial charge in [-0.2, -0.15) is 0 Å². The van der Waals surface area contributed by atoms with Crippen molar-refractivity contribution < 1.29 is 9.47 Å². The summed E-state index contributed by atoms with van der Waals surface area (Å²) in [5.74, 6) is 1.69. The van der Waals surface area contributed by atoms with Crippen LogP contribution < -0.4 is 14.8 Å². The third-order valence-electron chi connectivity index (χ3n) is 3.52. The molecular weight excluding hydrogens is 262 g/mol. The average Bonchev–Trinajstić information content (AvgIpc) is 2.52. The molecule has 3 nitrogen and oxygen atoms in total. The smallest absolute Gasteiger partial charge is 0.161 e. The van der Waals surface area contributed by atoms with Crippen LogP contribution in [0.15, 0.2) is 18.2 Å². The number of rotatable bonds is 12. The fourth-order valence-corrected chi connectivity index (χ4v) is 2.19. The van der Waals surface area contributed by atoms with Crippen LogP contribution in [0.25, 0.3) is 0 Å². The molecule has 3 heteroatoms. The van der Waals surface area contributed by atoms with Gasteiger partial charge in [-0.1, -0.05) is 45.6 Å². The number of benzene rings is 1. The number of unbranched alkanes of at least 4 members (excludes halogenated alkanes) is 4. The molecule has 0 unspecified atom stereocenters. The quantitative estimate of drug-likeness (QED) is 0.574. The summed E-state index contributed by atoms with van der Waals surface area (Å²) < 4.78 is 11.3. The Kier molecular flexibility index (Phi) is 9.71. The third-order valence-corrected chi connectivity index (χ3v) is 3.52. The van der Waals surface area contributed by atoms with Crippen molar-refractivity contribution in [3.8, 4) is 11.5 Å². The van der Waals surface area contributed by atoms with E-state index in [1.807, 2.05) is 6.07 Å². The second-order valence-electron chi connectivity index (χ2n) is 5.42. The molecule has 1 N–H and O–H groups in total. The molecule has 0 aliphatic carbocycles. The van der Waals surface area contributed by atoms with Crippen molar-refractivity contribution in [1.82, 2.24) is 5.32 Å². The highest BCUT2D eigenvalue weighted by atomic mass is 16.5. The maximum atomic E-state index is 5.83. The molecule has 0 amide bonds. The lowest BCUT2D eigenvalue weighted by molar-refractivity contribution is 0.285. The van der Waals surface area contributed by atoms with Gasteiger partial charge in [-0.3, -0.25) is 0 Å². The standard InChI is InChI=1S/C18H31NO2/c1-4-6-8-9-13-21-17-11-10-16(14-18(17)20-3)15-19-12-7-5-2/h10-11,14,19H,4-9,12-13,15H2,1-3H3. The second kappa shape index (κ2) is 11.4. The molecule has 0 saturated carbocycles. The molecule has 0 heterocycles. The first-order valence-corrected chi connectivity index (χ1v) is 8.32. The molecule has 120 valence electrons. The van der Waals surface area contributed by atoms with Crippen molar-refractivity contribution in [1.29, 1.82) is 0 Å². The largest absolute Gasteiger partial charge is 0.493 e. The van der Waals surface area contributed by atoms with Crippen molar-refractivity contribution in [3.05, 3.63) is 23.8 Å². The zero-order valence-corrected chi connectivity index (χ0v) is 13.9. The number of ether oxygens (including phenoxy) is 2. The van der Waals surface area contributed by atoms with Gasteiger partial charge in [-0.25, -0.2) is 0 Å². The normalized spacial score (nSPS) is 10.6. The van der Waals surface area contributed by atoms with Gasteiger partial charge in [0.1, 0.15) is 0 Å². The lowest BCUT2D eigenvalue weighted by Crippen LogP contribution is -2.14. The van der Waals surface area contributed by atoms with Crippen LogP contribution in [0.3, 0.4) is 0 Å². The van der Waals surface area contributed by atoms with E-state index in [4.69, 9.17) is 9.47 Å². The Morgan fingerprint density at radius 2 is 1.76 bits per heavy atom. The topological polar surface area (TPSA) is 30.5 Å². The van der Waals surface area contributed by atoms with E-state index < -0.39 is 0 Å². The Balaban J connectivity index is 2.42. The van der Waals surface area contributed by atoms with E-state index in [1.165, 1.54) is 37.7 Å².